The van der Waals surface area contributed by atoms with Crippen LogP contribution in [0.3, 0.4) is 0 Å². The lowest BCUT2D eigenvalue weighted by molar-refractivity contribution is 0.462. The number of rotatable bonds is 6. The van der Waals surface area contributed by atoms with Gasteiger partial charge in [0.2, 0.25) is 0 Å². The van der Waals surface area contributed by atoms with E-state index >= 15 is 0 Å². The first-order valence-electron chi connectivity index (χ1n) is 9.89. The molecule has 0 aliphatic heterocycles. The zero-order chi connectivity index (χ0) is 19.4. The second kappa shape index (κ2) is 7.96. The van der Waals surface area contributed by atoms with Gasteiger partial charge in [0, 0.05) is 23.4 Å². The molecule has 0 spiro atoms. The summed E-state index contributed by atoms with van der Waals surface area (Å²) in [6.07, 6.45) is 6.89. The minimum absolute atomic E-state index is 0.0412. The zero-order valence-corrected chi connectivity index (χ0v) is 16.8. The maximum absolute atomic E-state index is 9.92. The van der Waals surface area contributed by atoms with Crippen LogP contribution in [-0.2, 0) is 11.8 Å². The average molecular weight is 360 g/mol. The monoisotopic (exact) mass is 359 g/mol. The van der Waals surface area contributed by atoms with Crippen molar-refractivity contribution < 1.29 is 5.11 Å². The van der Waals surface area contributed by atoms with Crippen molar-refractivity contribution in [2.45, 2.75) is 52.4 Å². The number of aromatic nitrogens is 1. The van der Waals surface area contributed by atoms with Crippen molar-refractivity contribution in [3.63, 3.8) is 0 Å². The van der Waals surface area contributed by atoms with E-state index < -0.39 is 0 Å². The van der Waals surface area contributed by atoms with Gasteiger partial charge in [-0.3, -0.25) is 4.98 Å². The molecule has 2 aromatic carbocycles. The van der Waals surface area contributed by atoms with Crippen LogP contribution in [0.15, 0.2) is 60.9 Å². The maximum Gasteiger partial charge on any atom is 0.118 e. The van der Waals surface area contributed by atoms with Crippen molar-refractivity contribution >= 4 is 0 Å². The zero-order valence-electron chi connectivity index (χ0n) is 16.8. The van der Waals surface area contributed by atoms with Gasteiger partial charge in [0.1, 0.15) is 5.75 Å². The van der Waals surface area contributed by atoms with E-state index in [0.717, 1.165) is 24.8 Å². The van der Waals surface area contributed by atoms with Gasteiger partial charge in [-0.05, 0) is 66.1 Å². The first-order chi connectivity index (χ1) is 13.0. The first kappa shape index (κ1) is 19.2. The van der Waals surface area contributed by atoms with Gasteiger partial charge in [0.05, 0.1) is 0 Å². The van der Waals surface area contributed by atoms with E-state index in [2.05, 4.69) is 68.2 Å². The third-order valence-corrected chi connectivity index (χ3v) is 5.93. The van der Waals surface area contributed by atoms with Gasteiger partial charge in [-0.15, -0.1) is 0 Å². The van der Waals surface area contributed by atoms with Crippen molar-refractivity contribution in [2.75, 3.05) is 0 Å². The summed E-state index contributed by atoms with van der Waals surface area (Å²) in [5.74, 6) is 0.360. The molecule has 27 heavy (non-hydrogen) atoms. The van der Waals surface area contributed by atoms with Crippen LogP contribution in [0, 0.1) is 6.92 Å². The van der Waals surface area contributed by atoms with Gasteiger partial charge in [0.15, 0.2) is 0 Å². The van der Waals surface area contributed by atoms with Gasteiger partial charge < -0.3 is 5.11 Å². The maximum atomic E-state index is 9.92. The van der Waals surface area contributed by atoms with Gasteiger partial charge in [-0.1, -0.05) is 57.2 Å². The summed E-state index contributed by atoms with van der Waals surface area (Å²) in [5, 5.41) is 9.92. The standard InChI is InChI=1S/C25H29NO/c1-5-19-15-21(17-26-16-19)20-8-10-22(11-9-20)25(6-2,7-3)23-12-13-24(27)18(4)14-23/h8-17,27H,5-7H2,1-4H3. The molecule has 0 aliphatic rings. The van der Waals surface area contributed by atoms with E-state index in [1.165, 1.54) is 27.8 Å². The fraction of sp³-hybridized carbons (Fsp3) is 0.320. The summed E-state index contributed by atoms with van der Waals surface area (Å²) >= 11 is 0. The number of nitrogens with zero attached hydrogens (tertiary/aromatic N) is 1. The molecule has 2 nitrogen and oxygen atoms in total. The molecule has 0 atom stereocenters. The van der Waals surface area contributed by atoms with Crippen LogP contribution < -0.4 is 0 Å². The van der Waals surface area contributed by atoms with Crippen molar-refractivity contribution in [1.29, 1.82) is 0 Å². The minimum atomic E-state index is -0.0412. The third kappa shape index (κ3) is 3.62. The van der Waals surface area contributed by atoms with E-state index in [9.17, 15) is 5.11 Å². The molecule has 0 fully saturated rings. The van der Waals surface area contributed by atoms with Gasteiger partial charge in [-0.25, -0.2) is 0 Å². The molecule has 140 valence electrons. The second-order valence-electron chi connectivity index (χ2n) is 7.30. The molecule has 0 saturated heterocycles. The fourth-order valence-corrected chi connectivity index (χ4v) is 4.01. The Morgan fingerprint density at radius 1 is 0.815 bits per heavy atom. The highest BCUT2D eigenvalue weighted by molar-refractivity contribution is 5.64. The highest BCUT2D eigenvalue weighted by Crippen LogP contribution is 2.40. The van der Waals surface area contributed by atoms with Crippen LogP contribution >= 0.6 is 0 Å². The summed E-state index contributed by atoms with van der Waals surface area (Å²) in [7, 11) is 0. The fourth-order valence-electron chi connectivity index (χ4n) is 4.01. The van der Waals surface area contributed by atoms with Crippen LogP contribution in [-0.4, -0.2) is 10.1 Å². The van der Waals surface area contributed by atoms with Gasteiger partial charge in [-0.2, -0.15) is 0 Å². The molecule has 2 heteroatoms. The summed E-state index contributed by atoms with van der Waals surface area (Å²) in [6, 6.07) is 17.2. The summed E-state index contributed by atoms with van der Waals surface area (Å²) in [4.78, 5) is 4.38. The molecule has 0 unspecified atom stereocenters. The topological polar surface area (TPSA) is 33.1 Å². The van der Waals surface area contributed by atoms with E-state index in [-0.39, 0.29) is 5.41 Å². The Morgan fingerprint density at radius 3 is 2.07 bits per heavy atom. The Bertz CT molecular complexity index is 908. The Labute approximate surface area is 162 Å². The number of pyridine rings is 1. The second-order valence-corrected chi connectivity index (χ2v) is 7.30. The molecule has 3 rings (SSSR count). The van der Waals surface area contributed by atoms with Crippen molar-refractivity contribution in [1.82, 2.24) is 4.98 Å². The number of aromatic hydroxyl groups is 1. The molecular weight excluding hydrogens is 330 g/mol. The third-order valence-electron chi connectivity index (χ3n) is 5.93. The molecule has 3 aromatic rings. The predicted octanol–water partition coefficient (Wildman–Crippen LogP) is 6.43. The summed E-state index contributed by atoms with van der Waals surface area (Å²) in [5.41, 5.74) is 7.10. The number of benzene rings is 2. The summed E-state index contributed by atoms with van der Waals surface area (Å²) < 4.78 is 0. The number of hydrogen-bond acceptors (Lipinski definition) is 2. The minimum Gasteiger partial charge on any atom is -0.508 e. The van der Waals surface area contributed by atoms with E-state index in [1.54, 1.807) is 0 Å². The molecule has 0 radical (unpaired) electrons. The molecule has 0 amide bonds. The van der Waals surface area contributed by atoms with Gasteiger partial charge in [0.25, 0.3) is 0 Å². The van der Waals surface area contributed by atoms with Crippen LogP contribution in [0.4, 0.5) is 0 Å². The smallest absolute Gasteiger partial charge is 0.118 e. The highest BCUT2D eigenvalue weighted by atomic mass is 16.3. The van der Waals surface area contributed by atoms with E-state index in [4.69, 9.17) is 0 Å². The first-order valence-corrected chi connectivity index (χ1v) is 9.89. The molecule has 1 heterocycles. The number of phenols is 1. The largest absolute Gasteiger partial charge is 0.508 e. The Hall–Kier alpha value is -2.61. The van der Waals surface area contributed by atoms with Crippen LogP contribution in [0.25, 0.3) is 11.1 Å². The number of phenolic OH excluding ortho intramolecular Hbond substituents is 1. The van der Waals surface area contributed by atoms with Crippen LogP contribution in [0.2, 0.25) is 0 Å². The van der Waals surface area contributed by atoms with E-state index in [1.807, 2.05) is 25.4 Å². The summed E-state index contributed by atoms with van der Waals surface area (Å²) in [6.45, 7) is 8.61. The van der Waals surface area contributed by atoms with E-state index in [0.29, 0.717) is 5.75 Å². The van der Waals surface area contributed by atoms with Gasteiger partial charge >= 0.3 is 0 Å². The lowest BCUT2D eigenvalue weighted by Crippen LogP contribution is -2.26. The van der Waals surface area contributed by atoms with Crippen LogP contribution in [0.5, 0.6) is 5.75 Å². The normalized spacial score (nSPS) is 11.6. The molecular formula is C25H29NO. The highest BCUT2D eigenvalue weighted by Gasteiger charge is 2.31. The molecule has 0 bridgehead atoms. The Morgan fingerprint density at radius 2 is 1.48 bits per heavy atom. The molecule has 0 saturated carbocycles. The molecule has 1 N–H and O–H groups in total. The lowest BCUT2D eigenvalue weighted by Gasteiger charge is -2.34. The van der Waals surface area contributed by atoms with Crippen molar-refractivity contribution in [3.8, 4) is 16.9 Å². The van der Waals surface area contributed by atoms with Crippen LogP contribution in [0.1, 0.15) is 55.9 Å². The average Bonchev–Trinajstić information content (AvgIpc) is 2.72. The number of hydrogen-bond donors (Lipinski definition) is 1. The lowest BCUT2D eigenvalue weighted by atomic mass is 9.70. The van der Waals surface area contributed by atoms with Crippen molar-refractivity contribution in [2.24, 2.45) is 0 Å². The molecule has 1 aromatic heterocycles. The van der Waals surface area contributed by atoms with Crippen molar-refractivity contribution in [3.05, 3.63) is 83.2 Å². The molecule has 0 aliphatic carbocycles. The Balaban J connectivity index is 2.02. The quantitative estimate of drug-likeness (QED) is 0.550. The predicted molar refractivity (Wildman–Crippen MR) is 113 cm³/mol. The SMILES string of the molecule is CCc1cncc(-c2ccc(C(CC)(CC)c3ccc(O)c(C)c3)cc2)c1. The number of aryl methyl sites for hydroxylation is 2. The Kier molecular flexibility index (Phi) is 5.65.